The first-order valence-corrected chi connectivity index (χ1v) is 13.4. The zero-order valence-electron chi connectivity index (χ0n) is 19.6. The van der Waals surface area contributed by atoms with Gasteiger partial charge in [-0.1, -0.05) is 0 Å². The standard InChI is InChI=1S/C23H28FN5O6S/c24-16-11-15(12-17(13-16)36(33,34)28-7-5-25-6-8-28)14-26-20(31)18-19(30)21(32)29-9-10-35-23(22(29)27-18)3-1-2-4-23/h11-13,25,30H,1-10,14H2,(H,26,31). The Balaban J connectivity index is 1.39. The number of halogens is 1. The minimum atomic E-state index is -3.90. The second-order valence-electron chi connectivity index (χ2n) is 9.27. The van der Waals surface area contributed by atoms with Gasteiger partial charge in [0.15, 0.2) is 5.69 Å². The lowest BCUT2D eigenvalue weighted by Gasteiger charge is -2.35. The second kappa shape index (κ2) is 9.54. The molecule has 2 aromatic rings. The largest absolute Gasteiger partial charge is 0.501 e. The van der Waals surface area contributed by atoms with Crippen molar-refractivity contribution in [2.24, 2.45) is 0 Å². The Morgan fingerprint density at radius 1 is 1.19 bits per heavy atom. The van der Waals surface area contributed by atoms with Crippen LogP contribution in [-0.4, -0.2) is 66.1 Å². The molecule has 194 valence electrons. The van der Waals surface area contributed by atoms with Crippen LogP contribution < -0.4 is 16.2 Å². The Morgan fingerprint density at radius 3 is 2.64 bits per heavy atom. The van der Waals surface area contributed by atoms with E-state index in [2.05, 4.69) is 15.6 Å². The zero-order valence-corrected chi connectivity index (χ0v) is 20.4. The smallest absolute Gasteiger partial charge is 0.296 e. The Labute approximate surface area is 207 Å². The van der Waals surface area contributed by atoms with Crippen LogP contribution in [-0.2, 0) is 33.5 Å². The molecule has 0 radical (unpaired) electrons. The lowest BCUT2D eigenvalue weighted by molar-refractivity contribution is -0.0789. The van der Waals surface area contributed by atoms with Crippen LogP contribution in [0.3, 0.4) is 0 Å². The fourth-order valence-electron chi connectivity index (χ4n) is 5.14. The average Bonchev–Trinajstić information content (AvgIpc) is 3.34. The molecular formula is C23H28FN5O6S. The molecule has 1 aromatic heterocycles. The quantitative estimate of drug-likeness (QED) is 0.514. The number of sulfonamides is 1. The number of hydrogen-bond donors (Lipinski definition) is 3. The molecule has 1 saturated heterocycles. The van der Waals surface area contributed by atoms with Crippen LogP contribution in [0.15, 0.2) is 27.9 Å². The zero-order chi connectivity index (χ0) is 25.5. The number of nitrogens with one attached hydrogen (secondary N) is 2. The fraction of sp³-hybridized carbons (Fsp3) is 0.522. The predicted molar refractivity (Wildman–Crippen MR) is 125 cm³/mol. The molecule has 13 heteroatoms. The van der Waals surface area contributed by atoms with Crippen LogP contribution in [0.1, 0.15) is 47.6 Å². The normalized spacial score (nSPS) is 19.8. The molecule has 1 aromatic carbocycles. The first-order chi connectivity index (χ1) is 17.2. The molecule has 2 aliphatic heterocycles. The van der Waals surface area contributed by atoms with Gasteiger partial charge in [-0.25, -0.2) is 17.8 Å². The molecule has 0 atom stereocenters. The van der Waals surface area contributed by atoms with Crippen LogP contribution in [0.5, 0.6) is 5.75 Å². The van der Waals surface area contributed by atoms with Crippen molar-refractivity contribution in [2.45, 2.75) is 49.3 Å². The molecule has 3 N–H and O–H groups in total. The summed E-state index contributed by atoms with van der Waals surface area (Å²) in [5.74, 6) is -2.03. The minimum Gasteiger partial charge on any atom is -0.501 e. The molecule has 0 bridgehead atoms. The Hall–Kier alpha value is -2.87. The number of piperazine rings is 1. The average molecular weight is 522 g/mol. The molecule has 1 saturated carbocycles. The first-order valence-electron chi connectivity index (χ1n) is 12.0. The molecule has 1 spiro atoms. The van der Waals surface area contributed by atoms with Gasteiger partial charge in [-0.15, -0.1) is 0 Å². The van der Waals surface area contributed by atoms with Gasteiger partial charge in [0.2, 0.25) is 15.8 Å². The van der Waals surface area contributed by atoms with Crippen LogP contribution in [0.2, 0.25) is 0 Å². The maximum absolute atomic E-state index is 14.3. The third-order valence-electron chi connectivity index (χ3n) is 6.97. The van der Waals surface area contributed by atoms with Crippen molar-refractivity contribution >= 4 is 15.9 Å². The monoisotopic (exact) mass is 521 g/mol. The van der Waals surface area contributed by atoms with Crippen LogP contribution in [0.25, 0.3) is 0 Å². The maximum Gasteiger partial charge on any atom is 0.296 e. The van der Waals surface area contributed by atoms with Crippen LogP contribution in [0.4, 0.5) is 4.39 Å². The van der Waals surface area contributed by atoms with Crippen molar-refractivity contribution in [2.75, 3.05) is 32.8 Å². The van der Waals surface area contributed by atoms with Crippen LogP contribution in [0, 0.1) is 5.82 Å². The Bertz CT molecular complexity index is 1350. The van der Waals surface area contributed by atoms with Crippen molar-refractivity contribution in [3.8, 4) is 5.75 Å². The van der Waals surface area contributed by atoms with Gasteiger partial charge in [-0.3, -0.25) is 14.2 Å². The van der Waals surface area contributed by atoms with Gasteiger partial charge < -0.3 is 20.5 Å². The lowest BCUT2D eigenvalue weighted by Crippen LogP contribution is -2.46. The summed E-state index contributed by atoms with van der Waals surface area (Å²) >= 11 is 0. The van der Waals surface area contributed by atoms with E-state index in [1.165, 1.54) is 14.9 Å². The number of carbonyl (C=O) groups is 1. The summed E-state index contributed by atoms with van der Waals surface area (Å²) < 4.78 is 48.8. The number of ether oxygens (including phenoxy) is 1. The third kappa shape index (κ3) is 4.40. The fourth-order valence-corrected chi connectivity index (χ4v) is 6.66. The first kappa shape index (κ1) is 24.8. The topological polar surface area (TPSA) is 143 Å². The molecule has 1 amide bonds. The summed E-state index contributed by atoms with van der Waals surface area (Å²) in [6.45, 7) is 1.86. The van der Waals surface area contributed by atoms with E-state index in [1.807, 2.05) is 0 Å². The van der Waals surface area contributed by atoms with E-state index in [1.54, 1.807) is 0 Å². The van der Waals surface area contributed by atoms with Crippen molar-refractivity contribution in [1.29, 1.82) is 0 Å². The predicted octanol–water partition coefficient (Wildman–Crippen LogP) is 0.411. The van der Waals surface area contributed by atoms with Gasteiger partial charge in [-0.05, 0) is 49.4 Å². The number of benzene rings is 1. The third-order valence-corrected chi connectivity index (χ3v) is 8.85. The number of hydrogen-bond acceptors (Lipinski definition) is 8. The molecule has 3 aliphatic rings. The van der Waals surface area contributed by atoms with Gasteiger partial charge in [0, 0.05) is 32.7 Å². The summed E-state index contributed by atoms with van der Waals surface area (Å²) in [5.41, 5.74) is -1.69. The van der Waals surface area contributed by atoms with Crippen LogP contribution >= 0.6 is 0 Å². The summed E-state index contributed by atoms with van der Waals surface area (Å²) in [5, 5.41) is 16.0. The number of fused-ring (bicyclic) bond motifs is 2. The highest BCUT2D eigenvalue weighted by Gasteiger charge is 2.44. The second-order valence-corrected chi connectivity index (χ2v) is 11.2. The highest BCUT2D eigenvalue weighted by Crippen LogP contribution is 2.43. The lowest BCUT2D eigenvalue weighted by atomic mass is 9.99. The SMILES string of the molecule is O=C(NCc1cc(F)cc(S(=O)(=O)N2CCNCC2)c1)c1nc2n(c(=O)c1O)CCOC21CCCC1. The molecule has 11 nitrogen and oxygen atoms in total. The molecule has 3 heterocycles. The summed E-state index contributed by atoms with van der Waals surface area (Å²) in [4.78, 5) is 29.9. The summed E-state index contributed by atoms with van der Waals surface area (Å²) in [7, 11) is -3.90. The van der Waals surface area contributed by atoms with E-state index in [9.17, 15) is 27.5 Å². The minimum absolute atomic E-state index is 0.207. The van der Waals surface area contributed by atoms with E-state index in [0.717, 1.165) is 25.0 Å². The number of aromatic nitrogens is 2. The number of aromatic hydroxyl groups is 1. The summed E-state index contributed by atoms with van der Waals surface area (Å²) in [6.07, 6.45) is 3.13. The van der Waals surface area contributed by atoms with Crippen molar-refractivity contribution < 1.29 is 27.4 Å². The van der Waals surface area contributed by atoms with Gasteiger partial charge in [-0.2, -0.15) is 4.31 Å². The van der Waals surface area contributed by atoms with Crippen molar-refractivity contribution in [1.82, 2.24) is 24.5 Å². The van der Waals surface area contributed by atoms with E-state index in [0.29, 0.717) is 38.4 Å². The Morgan fingerprint density at radius 2 is 1.92 bits per heavy atom. The molecule has 5 rings (SSSR count). The molecular weight excluding hydrogens is 493 g/mol. The number of rotatable bonds is 5. The molecule has 2 fully saturated rings. The number of amides is 1. The summed E-state index contributed by atoms with van der Waals surface area (Å²) in [6, 6.07) is 3.37. The van der Waals surface area contributed by atoms with E-state index < -0.39 is 44.4 Å². The van der Waals surface area contributed by atoms with Crippen molar-refractivity contribution in [3.63, 3.8) is 0 Å². The van der Waals surface area contributed by atoms with Gasteiger partial charge >= 0.3 is 0 Å². The van der Waals surface area contributed by atoms with E-state index in [-0.39, 0.29) is 36.6 Å². The van der Waals surface area contributed by atoms with Gasteiger partial charge in [0.25, 0.3) is 11.5 Å². The highest BCUT2D eigenvalue weighted by atomic mass is 32.2. The number of carbonyl (C=O) groups excluding carboxylic acids is 1. The van der Waals surface area contributed by atoms with Crippen molar-refractivity contribution in [3.05, 3.63) is 51.5 Å². The van der Waals surface area contributed by atoms with Gasteiger partial charge in [0.05, 0.1) is 18.0 Å². The molecule has 1 aliphatic carbocycles. The van der Waals surface area contributed by atoms with E-state index in [4.69, 9.17) is 4.74 Å². The number of nitrogens with zero attached hydrogens (tertiary/aromatic N) is 3. The molecule has 36 heavy (non-hydrogen) atoms. The highest BCUT2D eigenvalue weighted by molar-refractivity contribution is 7.89. The molecule has 0 unspecified atom stereocenters. The maximum atomic E-state index is 14.3. The van der Waals surface area contributed by atoms with Gasteiger partial charge in [0.1, 0.15) is 17.2 Å². The van der Waals surface area contributed by atoms with E-state index >= 15 is 0 Å². The Kier molecular flexibility index (Phi) is 6.57.